The number of aryl methyl sites for hydroxylation is 2. The summed E-state index contributed by atoms with van der Waals surface area (Å²) in [7, 11) is 3.05. The Morgan fingerprint density at radius 1 is 0.944 bits per heavy atom. The first kappa shape index (κ1) is 21.9. The molecule has 5 aromatic rings. The van der Waals surface area contributed by atoms with Crippen molar-refractivity contribution in [1.29, 1.82) is 0 Å². The zero-order chi connectivity index (χ0) is 25.3. The molecule has 0 saturated carbocycles. The third-order valence-corrected chi connectivity index (χ3v) is 7.02. The van der Waals surface area contributed by atoms with E-state index in [4.69, 9.17) is 0 Å². The van der Waals surface area contributed by atoms with E-state index in [2.05, 4.69) is 5.32 Å². The van der Waals surface area contributed by atoms with Crippen molar-refractivity contribution in [2.24, 2.45) is 14.1 Å². The maximum absolute atomic E-state index is 15.3. The summed E-state index contributed by atoms with van der Waals surface area (Å²) in [6.45, 7) is 1.89. The Balaban J connectivity index is 1.89. The van der Waals surface area contributed by atoms with Crippen molar-refractivity contribution >= 4 is 16.6 Å². The predicted octanol–water partition coefficient (Wildman–Crippen LogP) is 4.36. The van der Waals surface area contributed by atoms with Gasteiger partial charge in [0.25, 0.3) is 5.56 Å². The van der Waals surface area contributed by atoms with E-state index in [1.807, 2.05) is 41.8 Å². The summed E-state index contributed by atoms with van der Waals surface area (Å²) in [5, 5.41) is 13.9. The fraction of sp³-hybridized carbons (Fsp3) is 0.143. The first-order valence-electron chi connectivity index (χ1n) is 11.5. The lowest BCUT2D eigenvalue weighted by molar-refractivity contribution is 0.474. The lowest BCUT2D eigenvalue weighted by Crippen LogP contribution is -2.37. The Bertz CT molecular complexity index is 1830. The summed E-state index contributed by atoms with van der Waals surface area (Å²) in [5.41, 5.74) is 3.99. The molecule has 1 atom stereocenters. The van der Waals surface area contributed by atoms with Gasteiger partial charge in [0.15, 0.2) is 0 Å². The highest BCUT2D eigenvalue weighted by Gasteiger charge is 2.35. The summed E-state index contributed by atoms with van der Waals surface area (Å²) in [5.74, 6) is -0.329. The highest BCUT2D eigenvalue weighted by atomic mass is 19.1. The standard InChI is InChI=1S/C28H23FN4O3/c1-15-14-16(34)12-13-17(15)23-26-25-22(27(35)32(3)28(36)31(25)2)24(18-8-4-5-9-19(18)29)33(26)21-11-7-6-10-20(21)30-23/h4-14,23,30,34H,1-3H3. The third-order valence-electron chi connectivity index (χ3n) is 7.02. The first-order valence-corrected chi connectivity index (χ1v) is 11.5. The molecule has 3 heterocycles. The van der Waals surface area contributed by atoms with Gasteiger partial charge in [0, 0.05) is 19.7 Å². The predicted molar refractivity (Wildman–Crippen MR) is 137 cm³/mol. The Hall–Kier alpha value is -4.59. The second-order valence-electron chi connectivity index (χ2n) is 9.11. The molecular weight excluding hydrogens is 459 g/mol. The zero-order valence-electron chi connectivity index (χ0n) is 19.9. The highest BCUT2D eigenvalue weighted by Crippen LogP contribution is 2.46. The van der Waals surface area contributed by atoms with Gasteiger partial charge in [0.1, 0.15) is 11.6 Å². The van der Waals surface area contributed by atoms with Gasteiger partial charge in [-0.25, -0.2) is 9.18 Å². The summed E-state index contributed by atoms with van der Waals surface area (Å²) in [6, 6.07) is 18.6. The molecule has 0 spiro atoms. The van der Waals surface area contributed by atoms with E-state index in [1.165, 1.54) is 17.7 Å². The first-order chi connectivity index (χ1) is 17.3. The largest absolute Gasteiger partial charge is 0.508 e. The smallest absolute Gasteiger partial charge is 0.331 e. The normalized spacial score (nSPS) is 14.4. The molecule has 7 nitrogen and oxygen atoms in total. The molecule has 36 heavy (non-hydrogen) atoms. The third kappa shape index (κ3) is 2.90. The summed E-state index contributed by atoms with van der Waals surface area (Å²) in [4.78, 5) is 26.7. The number of hydrogen-bond donors (Lipinski definition) is 2. The SMILES string of the molecule is Cc1cc(O)ccc1C1Nc2ccccc2-n2c(-c3ccccc3F)c3c(=O)n(C)c(=O)n(C)c3c21. The molecule has 6 rings (SSSR count). The molecule has 1 aliphatic rings. The minimum atomic E-state index is -0.494. The maximum Gasteiger partial charge on any atom is 0.331 e. The lowest BCUT2D eigenvalue weighted by Gasteiger charge is -2.32. The molecule has 2 N–H and O–H groups in total. The number of nitrogens with zero attached hydrogens (tertiary/aromatic N) is 3. The molecule has 1 aliphatic heterocycles. The maximum atomic E-state index is 15.3. The number of phenolic OH excluding ortho intramolecular Hbond substituents is 1. The van der Waals surface area contributed by atoms with Crippen molar-refractivity contribution in [2.45, 2.75) is 13.0 Å². The molecule has 2 aromatic heterocycles. The average Bonchev–Trinajstić information content (AvgIpc) is 3.23. The number of hydrogen-bond acceptors (Lipinski definition) is 4. The monoisotopic (exact) mass is 482 g/mol. The Morgan fingerprint density at radius 3 is 2.42 bits per heavy atom. The van der Waals surface area contributed by atoms with Gasteiger partial charge in [-0.3, -0.25) is 13.9 Å². The quantitative estimate of drug-likeness (QED) is 0.392. The van der Waals surface area contributed by atoms with Gasteiger partial charge in [-0.2, -0.15) is 0 Å². The number of nitrogens with one attached hydrogen (secondary N) is 1. The number of fused-ring (bicyclic) bond motifs is 5. The van der Waals surface area contributed by atoms with Gasteiger partial charge in [0.2, 0.25) is 0 Å². The minimum Gasteiger partial charge on any atom is -0.508 e. The van der Waals surface area contributed by atoms with Crippen LogP contribution >= 0.6 is 0 Å². The average molecular weight is 483 g/mol. The fourth-order valence-electron chi connectivity index (χ4n) is 5.34. The topological polar surface area (TPSA) is 81.2 Å². The van der Waals surface area contributed by atoms with Crippen molar-refractivity contribution < 1.29 is 9.50 Å². The van der Waals surface area contributed by atoms with Crippen LogP contribution in [0.15, 0.2) is 76.3 Å². The second-order valence-corrected chi connectivity index (χ2v) is 9.11. The second kappa shape index (κ2) is 7.71. The molecule has 0 radical (unpaired) electrons. The summed E-state index contributed by atoms with van der Waals surface area (Å²) >= 11 is 0. The number of rotatable bonds is 2. The molecule has 0 saturated heterocycles. The molecule has 0 amide bonds. The van der Waals surface area contributed by atoms with Gasteiger partial charge in [-0.1, -0.05) is 30.3 Å². The van der Waals surface area contributed by atoms with Gasteiger partial charge in [-0.05, 0) is 54.4 Å². The number of anilines is 1. The van der Waals surface area contributed by atoms with Crippen molar-refractivity contribution in [2.75, 3.05) is 5.32 Å². The molecule has 180 valence electrons. The van der Waals surface area contributed by atoms with Crippen LogP contribution in [-0.4, -0.2) is 18.8 Å². The van der Waals surface area contributed by atoms with Crippen molar-refractivity contribution in [3.05, 3.63) is 110 Å². The van der Waals surface area contributed by atoms with E-state index < -0.39 is 23.1 Å². The van der Waals surface area contributed by atoms with E-state index >= 15 is 4.39 Å². The van der Waals surface area contributed by atoms with Crippen molar-refractivity contribution in [3.8, 4) is 22.7 Å². The van der Waals surface area contributed by atoms with Crippen LogP contribution in [0.1, 0.15) is 22.9 Å². The van der Waals surface area contributed by atoms with Crippen LogP contribution in [0, 0.1) is 12.7 Å². The Morgan fingerprint density at radius 2 is 1.67 bits per heavy atom. The van der Waals surface area contributed by atoms with Crippen LogP contribution in [0.25, 0.3) is 27.8 Å². The molecule has 0 fully saturated rings. The number of aromatic hydroxyl groups is 1. The number of halogens is 1. The summed E-state index contributed by atoms with van der Waals surface area (Å²) < 4.78 is 19.7. The Labute approximate surface area is 205 Å². The lowest BCUT2D eigenvalue weighted by atomic mass is 9.95. The van der Waals surface area contributed by atoms with E-state index in [0.29, 0.717) is 16.9 Å². The van der Waals surface area contributed by atoms with E-state index in [-0.39, 0.29) is 16.7 Å². The van der Waals surface area contributed by atoms with Gasteiger partial charge >= 0.3 is 5.69 Å². The number of para-hydroxylation sites is 2. The number of aromatic nitrogens is 3. The number of benzene rings is 3. The molecule has 1 unspecified atom stereocenters. The van der Waals surface area contributed by atoms with Crippen LogP contribution in [0.3, 0.4) is 0 Å². The van der Waals surface area contributed by atoms with Gasteiger partial charge in [0.05, 0.1) is 39.7 Å². The highest BCUT2D eigenvalue weighted by molar-refractivity contribution is 5.99. The van der Waals surface area contributed by atoms with Crippen LogP contribution in [0.2, 0.25) is 0 Å². The van der Waals surface area contributed by atoms with Crippen molar-refractivity contribution in [1.82, 2.24) is 13.7 Å². The van der Waals surface area contributed by atoms with Crippen LogP contribution < -0.4 is 16.6 Å². The van der Waals surface area contributed by atoms with Gasteiger partial charge < -0.3 is 15.0 Å². The van der Waals surface area contributed by atoms with E-state index in [9.17, 15) is 14.7 Å². The van der Waals surface area contributed by atoms with E-state index in [1.54, 1.807) is 37.4 Å². The van der Waals surface area contributed by atoms with Gasteiger partial charge in [-0.15, -0.1) is 0 Å². The molecule has 3 aromatic carbocycles. The zero-order valence-corrected chi connectivity index (χ0v) is 19.9. The summed E-state index contributed by atoms with van der Waals surface area (Å²) in [6.07, 6.45) is 0. The van der Waals surface area contributed by atoms with Crippen LogP contribution in [-0.2, 0) is 14.1 Å². The molecular formula is C28H23FN4O3. The van der Waals surface area contributed by atoms with Crippen LogP contribution in [0.4, 0.5) is 10.1 Å². The molecule has 0 aliphatic carbocycles. The number of phenols is 1. The molecule has 0 bridgehead atoms. The Kier molecular flexibility index (Phi) is 4.69. The van der Waals surface area contributed by atoms with E-state index in [0.717, 1.165) is 27.1 Å². The molecule has 8 heteroatoms. The van der Waals surface area contributed by atoms with Crippen molar-refractivity contribution in [3.63, 3.8) is 0 Å². The van der Waals surface area contributed by atoms with Crippen LogP contribution in [0.5, 0.6) is 5.75 Å². The fourth-order valence-corrected chi connectivity index (χ4v) is 5.34. The minimum absolute atomic E-state index is 0.140.